The number of hydrogen-bond donors (Lipinski definition) is 1. The second-order valence-corrected chi connectivity index (χ2v) is 7.42. The maximum atomic E-state index is 13.2. The molecule has 0 aliphatic carbocycles. The predicted molar refractivity (Wildman–Crippen MR) is 115 cm³/mol. The third kappa shape index (κ3) is 3.92. The standard InChI is InChI=1S/C22H22N6O3/c23-20-15(12-16-4-3-9-31-16)13-24-22(26-20)25-19-17-5-1-2-6-18(17)28(21(19)29)14-27-7-10-30-11-8-27/h1-6,9,13H,7-8,10-12,14H2,(H2,23,24,26). The number of morpholine rings is 1. The molecule has 0 bridgehead atoms. The molecule has 2 aliphatic heterocycles. The van der Waals surface area contributed by atoms with Crippen LogP contribution < -0.4 is 10.6 Å². The Bertz CT molecular complexity index is 1120. The highest BCUT2D eigenvalue weighted by molar-refractivity contribution is 6.54. The third-order valence-corrected chi connectivity index (χ3v) is 5.38. The monoisotopic (exact) mass is 418 g/mol. The largest absolute Gasteiger partial charge is 0.469 e. The van der Waals surface area contributed by atoms with E-state index in [2.05, 4.69) is 19.9 Å². The van der Waals surface area contributed by atoms with Crippen LogP contribution in [0, 0.1) is 0 Å². The molecule has 31 heavy (non-hydrogen) atoms. The van der Waals surface area contributed by atoms with Gasteiger partial charge in [-0.15, -0.1) is 0 Å². The van der Waals surface area contributed by atoms with E-state index in [1.165, 1.54) is 0 Å². The Balaban J connectivity index is 1.42. The second-order valence-electron chi connectivity index (χ2n) is 7.42. The molecule has 1 aromatic carbocycles. The van der Waals surface area contributed by atoms with Crippen molar-refractivity contribution in [1.29, 1.82) is 0 Å². The lowest BCUT2D eigenvalue weighted by molar-refractivity contribution is -0.112. The van der Waals surface area contributed by atoms with E-state index in [9.17, 15) is 4.79 Å². The van der Waals surface area contributed by atoms with Crippen molar-refractivity contribution >= 4 is 29.1 Å². The van der Waals surface area contributed by atoms with E-state index in [1.807, 2.05) is 36.4 Å². The normalized spacial score (nSPS) is 18.0. The van der Waals surface area contributed by atoms with Gasteiger partial charge in [-0.2, -0.15) is 4.98 Å². The number of para-hydroxylation sites is 1. The Labute approximate surface area is 179 Å². The Morgan fingerprint density at radius 1 is 1.13 bits per heavy atom. The molecule has 0 atom stereocenters. The summed E-state index contributed by atoms with van der Waals surface area (Å²) in [5, 5.41) is 0. The number of hydrogen-bond acceptors (Lipinski definition) is 8. The van der Waals surface area contributed by atoms with Crippen LogP contribution in [0.1, 0.15) is 16.9 Å². The lowest BCUT2D eigenvalue weighted by atomic mass is 10.1. The van der Waals surface area contributed by atoms with E-state index in [0.717, 1.165) is 35.7 Å². The number of benzene rings is 1. The van der Waals surface area contributed by atoms with Gasteiger partial charge in [-0.3, -0.25) is 14.6 Å². The average Bonchev–Trinajstić information content (AvgIpc) is 3.39. The number of nitrogens with zero attached hydrogens (tertiary/aromatic N) is 5. The number of furan rings is 1. The molecule has 2 aliphatic rings. The summed E-state index contributed by atoms with van der Waals surface area (Å²) in [6.07, 6.45) is 3.73. The minimum absolute atomic E-state index is 0.159. The van der Waals surface area contributed by atoms with Crippen LogP contribution in [0.3, 0.4) is 0 Å². The van der Waals surface area contributed by atoms with E-state index in [4.69, 9.17) is 14.9 Å². The van der Waals surface area contributed by atoms with Crippen LogP contribution in [0.15, 0.2) is 58.3 Å². The molecule has 3 aromatic rings. The van der Waals surface area contributed by atoms with E-state index < -0.39 is 0 Å². The van der Waals surface area contributed by atoms with Crippen LogP contribution in [0.2, 0.25) is 0 Å². The highest BCUT2D eigenvalue weighted by Gasteiger charge is 2.35. The number of nitrogen functional groups attached to an aromatic ring is 1. The number of aromatic nitrogens is 2. The van der Waals surface area contributed by atoms with Crippen LogP contribution in [0.4, 0.5) is 17.5 Å². The summed E-state index contributed by atoms with van der Waals surface area (Å²) >= 11 is 0. The van der Waals surface area contributed by atoms with Crippen LogP contribution in [-0.2, 0) is 16.0 Å². The van der Waals surface area contributed by atoms with Crippen molar-refractivity contribution in [2.75, 3.05) is 43.6 Å². The minimum atomic E-state index is -0.172. The van der Waals surface area contributed by atoms with Gasteiger partial charge < -0.3 is 14.9 Å². The molecule has 5 rings (SSSR count). The van der Waals surface area contributed by atoms with E-state index in [1.54, 1.807) is 17.4 Å². The van der Waals surface area contributed by atoms with Crippen LogP contribution in [-0.4, -0.2) is 59.5 Å². The minimum Gasteiger partial charge on any atom is -0.469 e. The van der Waals surface area contributed by atoms with Gasteiger partial charge >= 0.3 is 0 Å². The van der Waals surface area contributed by atoms with Gasteiger partial charge in [0.1, 0.15) is 17.3 Å². The lowest BCUT2D eigenvalue weighted by Gasteiger charge is -2.30. The smallest absolute Gasteiger partial charge is 0.278 e. The first kappa shape index (κ1) is 19.4. The number of fused-ring (bicyclic) bond motifs is 1. The SMILES string of the molecule is Nc1nc(N=C2C(=O)N(CN3CCOCC3)c3ccccc32)ncc1Cc1ccco1. The quantitative estimate of drug-likeness (QED) is 0.675. The first-order chi connectivity index (χ1) is 15.2. The topological polar surface area (TPSA) is 110 Å². The molecule has 0 unspecified atom stereocenters. The van der Waals surface area contributed by atoms with E-state index in [0.29, 0.717) is 37.8 Å². The van der Waals surface area contributed by atoms with Crippen molar-refractivity contribution in [2.24, 2.45) is 4.99 Å². The summed E-state index contributed by atoms with van der Waals surface area (Å²) in [6.45, 7) is 3.40. The summed E-state index contributed by atoms with van der Waals surface area (Å²) < 4.78 is 10.8. The Kier molecular flexibility index (Phi) is 5.19. The molecular formula is C22H22N6O3. The highest BCUT2D eigenvalue weighted by atomic mass is 16.5. The summed E-state index contributed by atoms with van der Waals surface area (Å²) in [4.78, 5) is 30.3. The Hall–Kier alpha value is -3.56. The maximum Gasteiger partial charge on any atom is 0.278 e. The maximum absolute atomic E-state index is 13.2. The number of nitrogens with two attached hydrogens (primary N) is 1. The summed E-state index contributed by atoms with van der Waals surface area (Å²) in [5.74, 6) is 1.07. The van der Waals surface area contributed by atoms with Crippen molar-refractivity contribution in [3.63, 3.8) is 0 Å². The zero-order valence-electron chi connectivity index (χ0n) is 16.9. The van der Waals surface area contributed by atoms with Crippen molar-refractivity contribution in [2.45, 2.75) is 6.42 Å². The number of aliphatic imine (C=N–C) groups is 1. The highest BCUT2D eigenvalue weighted by Crippen LogP contribution is 2.30. The fraction of sp³-hybridized carbons (Fsp3) is 0.273. The predicted octanol–water partition coefficient (Wildman–Crippen LogP) is 2.00. The van der Waals surface area contributed by atoms with Crippen LogP contribution in [0.25, 0.3) is 0 Å². The molecular weight excluding hydrogens is 396 g/mol. The molecule has 0 radical (unpaired) electrons. The number of ether oxygens (including phenoxy) is 1. The molecule has 2 aromatic heterocycles. The van der Waals surface area contributed by atoms with Crippen molar-refractivity contribution in [3.05, 3.63) is 65.7 Å². The molecule has 1 amide bonds. The summed E-state index contributed by atoms with van der Waals surface area (Å²) in [6, 6.07) is 11.3. The van der Waals surface area contributed by atoms with Crippen LogP contribution >= 0.6 is 0 Å². The number of amides is 1. The Morgan fingerprint density at radius 2 is 1.97 bits per heavy atom. The van der Waals surface area contributed by atoms with Gasteiger partial charge in [0, 0.05) is 36.8 Å². The summed E-state index contributed by atoms with van der Waals surface area (Å²) in [5.41, 5.74) is 8.78. The molecule has 158 valence electrons. The van der Waals surface area contributed by atoms with Gasteiger partial charge in [0.25, 0.3) is 11.9 Å². The fourth-order valence-corrected chi connectivity index (χ4v) is 3.75. The number of carbonyl (C=O) groups excluding carboxylic acids is 1. The molecule has 2 N–H and O–H groups in total. The molecule has 4 heterocycles. The molecule has 1 fully saturated rings. The molecule has 0 spiro atoms. The van der Waals surface area contributed by atoms with E-state index >= 15 is 0 Å². The third-order valence-electron chi connectivity index (χ3n) is 5.38. The van der Waals surface area contributed by atoms with Gasteiger partial charge in [0.2, 0.25) is 0 Å². The number of rotatable bonds is 5. The van der Waals surface area contributed by atoms with Gasteiger partial charge in [0.15, 0.2) is 0 Å². The first-order valence-electron chi connectivity index (χ1n) is 10.1. The number of carbonyl (C=O) groups is 1. The van der Waals surface area contributed by atoms with E-state index in [-0.39, 0.29) is 11.9 Å². The average molecular weight is 418 g/mol. The molecule has 0 saturated carbocycles. The van der Waals surface area contributed by atoms with Crippen LogP contribution in [0.5, 0.6) is 0 Å². The molecule has 9 heteroatoms. The summed E-state index contributed by atoms with van der Waals surface area (Å²) in [7, 11) is 0. The second kappa shape index (κ2) is 8.29. The van der Waals surface area contributed by atoms with Crippen molar-refractivity contribution in [1.82, 2.24) is 14.9 Å². The molecule has 1 saturated heterocycles. The first-order valence-corrected chi connectivity index (χ1v) is 10.1. The van der Waals surface area contributed by atoms with Gasteiger partial charge in [-0.25, -0.2) is 9.98 Å². The van der Waals surface area contributed by atoms with Gasteiger partial charge in [-0.1, -0.05) is 18.2 Å². The van der Waals surface area contributed by atoms with Crippen molar-refractivity contribution < 1.29 is 13.9 Å². The zero-order chi connectivity index (χ0) is 21.2. The number of anilines is 2. The fourth-order valence-electron chi connectivity index (χ4n) is 3.75. The Morgan fingerprint density at radius 3 is 2.74 bits per heavy atom. The van der Waals surface area contributed by atoms with Crippen molar-refractivity contribution in [3.8, 4) is 0 Å². The molecule has 9 nitrogen and oxygen atoms in total. The van der Waals surface area contributed by atoms with Gasteiger partial charge in [0.05, 0.1) is 31.8 Å². The lowest BCUT2D eigenvalue weighted by Crippen LogP contribution is -2.45. The van der Waals surface area contributed by atoms with Gasteiger partial charge in [-0.05, 0) is 18.2 Å². The zero-order valence-corrected chi connectivity index (χ0v) is 16.9.